The zero-order valence-corrected chi connectivity index (χ0v) is 20.0. The fourth-order valence-electron chi connectivity index (χ4n) is 3.53. The fourth-order valence-corrected chi connectivity index (χ4v) is 3.53. The maximum atomic E-state index is 14.5. The van der Waals surface area contributed by atoms with Gasteiger partial charge in [-0.2, -0.15) is 5.10 Å². The second-order valence-corrected chi connectivity index (χ2v) is 8.00. The molecule has 0 saturated carbocycles. The maximum Gasteiger partial charge on any atom is 0.227 e. The van der Waals surface area contributed by atoms with Crippen LogP contribution >= 0.6 is 0 Å². The summed E-state index contributed by atoms with van der Waals surface area (Å²) in [5.74, 6) is -0.556. The quantitative estimate of drug-likeness (QED) is 0.271. The van der Waals surface area contributed by atoms with Gasteiger partial charge < -0.3 is 19.3 Å². The smallest absolute Gasteiger partial charge is 0.227 e. The van der Waals surface area contributed by atoms with Crippen LogP contribution in [0.4, 0.5) is 8.78 Å². The Kier molecular flexibility index (Phi) is 9.92. The third kappa shape index (κ3) is 7.43. The van der Waals surface area contributed by atoms with Crippen molar-refractivity contribution < 1.29 is 28.1 Å². The van der Waals surface area contributed by atoms with Gasteiger partial charge in [-0.1, -0.05) is 18.2 Å². The highest BCUT2D eigenvalue weighted by molar-refractivity contribution is 5.43. The lowest BCUT2D eigenvalue weighted by Gasteiger charge is -2.25. The molecule has 0 amide bonds. The van der Waals surface area contributed by atoms with E-state index >= 15 is 0 Å². The molecule has 0 saturated heterocycles. The molecule has 0 aliphatic rings. The lowest BCUT2D eigenvalue weighted by molar-refractivity contribution is 0.0192. The summed E-state index contributed by atoms with van der Waals surface area (Å²) in [5, 5.41) is 15.1. The predicted molar refractivity (Wildman–Crippen MR) is 129 cm³/mol. The molecule has 0 fully saturated rings. The molecule has 3 rings (SSSR count). The number of aliphatic hydroxyl groups excluding tert-OH is 1. The molecule has 0 bridgehead atoms. The first-order chi connectivity index (χ1) is 16.9. The minimum absolute atomic E-state index is 0.0401. The summed E-state index contributed by atoms with van der Waals surface area (Å²) < 4.78 is 46.2. The van der Waals surface area contributed by atoms with E-state index in [0.717, 1.165) is 0 Å². The van der Waals surface area contributed by atoms with Crippen molar-refractivity contribution in [1.29, 1.82) is 0 Å². The zero-order chi connectivity index (χ0) is 25.2. The Morgan fingerprint density at radius 3 is 2.60 bits per heavy atom. The third-order valence-corrected chi connectivity index (χ3v) is 5.26. The number of hydrogen-bond donors (Lipinski definition) is 1. The first kappa shape index (κ1) is 26.5. The van der Waals surface area contributed by atoms with Crippen LogP contribution in [0.3, 0.4) is 0 Å². The number of aromatic nitrogens is 2. The van der Waals surface area contributed by atoms with Crippen LogP contribution in [0.1, 0.15) is 11.3 Å². The van der Waals surface area contributed by atoms with Gasteiger partial charge in [0.25, 0.3) is 0 Å². The number of aliphatic hydroxyl groups is 1. The second-order valence-electron chi connectivity index (χ2n) is 8.00. The van der Waals surface area contributed by atoms with E-state index in [4.69, 9.17) is 14.2 Å². The van der Waals surface area contributed by atoms with E-state index in [0.29, 0.717) is 55.7 Å². The molecule has 0 aliphatic carbocycles. The van der Waals surface area contributed by atoms with Crippen LogP contribution < -0.4 is 4.74 Å². The van der Waals surface area contributed by atoms with Crippen LogP contribution in [0.5, 0.6) is 11.6 Å². The van der Waals surface area contributed by atoms with Crippen LogP contribution in [0.2, 0.25) is 0 Å². The summed E-state index contributed by atoms with van der Waals surface area (Å²) in [7, 11) is 1.60. The topological polar surface area (TPSA) is 69.0 Å². The summed E-state index contributed by atoms with van der Waals surface area (Å²) >= 11 is 0. The van der Waals surface area contributed by atoms with Crippen molar-refractivity contribution in [2.45, 2.75) is 19.6 Å². The number of nitrogens with zero attached hydrogens (tertiary/aromatic N) is 3. The zero-order valence-electron chi connectivity index (χ0n) is 20.0. The van der Waals surface area contributed by atoms with Crippen LogP contribution in [0, 0.1) is 18.6 Å². The molecule has 1 N–H and O–H groups in total. The van der Waals surface area contributed by atoms with Crippen molar-refractivity contribution in [3.63, 3.8) is 0 Å². The normalized spacial score (nSPS) is 12.2. The molecule has 7 nitrogen and oxygen atoms in total. The highest BCUT2D eigenvalue weighted by Crippen LogP contribution is 2.32. The Labute approximate surface area is 204 Å². The Morgan fingerprint density at radius 2 is 1.91 bits per heavy atom. The second kappa shape index (κ2) is 13.1. The molecule has 3 aromatic rings. The average molecular weight is 488 g/mol. The summed E-state index contributed by atoms with van der Waals surface area (Å²) in [6, 6.07) is 11.9. The number of benzene rings is 2. The van der Waals surface area contributed by atoms with Gasteiger partial charge in [-0.15, -0.1) is 6.58 Å². The van der Waals surface area contributed by atoms with E-state index in [1.165, 1.54) is 28.9 Å². The first-order valence-corrected chi connectivity index (χ1v) is 11.3. The molecule has 0 spiro atoms. The summed E-state index contributed by atoms with van der Waals surface area (Å²) in [4.78, 5) is 1.98. The number of ether oxygens (including phenoxy) is 3. The van der Waals surface area contributed by atoms with Crippen LogP contribution in [0.25, 0.3) is 5.69 Å². The highest BCUT2D eigenvalue weighted by Gasteiger charge is 2.23. The van der Waals surface area contributed by atoms with E-state index in [2.05, 4.69) is 11.7 Å². The third-order valence-electron chi connectivity index (χ3n) is 5.26. The number of halogens is 2. The molecule has 1 heterocycles. The number of hydrogen-bond acceptors (Lipinski definition) is 6. The van der Waals surface area contributed by atoms with Crippen LogP contribution in [-0.4, -0.2) is 65.9 Å². The monoisotopic (exact) mass is 487 g/mol. The summed E-state index contributed by atoms with van der Waals surface area (Å²) in [6.07, 6.45) is 0.879. The molecule has 0 radical (unpaired) electrons. The van der Waals surface area contributed by atoms with Gasteiger partial charge in [0.05, 0.1) is 42.9 Å². The lowest BCUT2D eigenvalue weighted by Crippen LogP contribution is -2.36. The molecule has 0 aliphatic heterocycles. The number of rotatable bonds is 14. The Bertz CT molecular complexity index is 1090. The van der Waals surface area contributed by atoms with E-state index < -0.39 is 11.9 Å². The number of para-hydroxylation sites is 1. The Balaban J connectivity index is 1.95. The maximum absolute atomic E-state index is 14.5. The fraction of sp³-hybridized carbons (Fsp3) is 0.346. The van der Waals surface area contributed by atoms with Gasteiger partial charge in [0.1, 0.15) is 5.82 Å². The molecular weight excluding hydrogens is 456 g/mol. The number of aryl methyl sites for hydroxylation is 1. The molecule has 0 unspecified atom stereocenters. The van der Waals surface area contributed by atoms with Gasteiger partial charge in [-0.25, -0.2) is 13.5 Å². The van der Waals surface area contributed by atoms with Crippen molar-refractivity contribution in [2.24, 2.45) is 0 Å². The van der Waals surface area contributed by atoms with Crippen molar-refractivity contribution in [3.05, 3.63) is 84.1 Å². The van der Waals surface area contributed by atoms with Gasteiger partial charge >= 0.3 is 0 Å². The lowest BCUT2D eigenvalue weighted by atomic mass is 10.2. The van der Waals surface area contributed by atoms with Crippen LogP contribution in [0.15, 0.2) is 61.2 Å². The molecule has 188 valence electrons. The molecule has 2 aromatic carbocycles. The van der Waals surface area contributed by atoms with Gasteiger partial charge in [0, 0.05) is 26.7 Å². The molecular formula is C26H31F2N3O4. The van der Waals surface area contributed by atoms with E-state index in [9.17, 15) is 13.9 Å². The summed E-state index contributed by atoms with van der Waals surface area (Å²) in [5.41, 5.74) is 1.92. The van der Waals surface area contributed by atoms with E-state index in [-0.39, 0.29) is 18.2 Å². The average Bonchev–Trinajstić information content (AvgIpc) is 3.14. The minimum atomic E-state index is -0.741. The molecule has 1 atom stereocenters. The van der Waals surface area contributed by atoms with Crippen LogP contribution in [-0.2, 0) is 16.0 Å². The van der Waals surface area contributed by atoms with Gasteiger partial charge in [-0.05, 0) is 43.3 Å². The van der Waals surface area contributed by atoms with Crippen molar-refractivity contribution in [3.8, 4) is 17.3 Å². The Hall–Kier alpha value is -3.11. The predicted octanol–water partition coefficient (Wildman–Crippen LogP) is 4.26. The van der Waals surface area contributed by atoms with Gasteiger partial charge in [0.15, 0.2) is 11.6 Å². The number of methoxy groups -OCH3 is 1. The van der Waals surface area contributed by atoms with Gasteiger partial charge in [0.2, 0.25) is 5.88 Å². The van der Waals surface area contributed by atoms with E-state index in [1.807, 2.05) is 11.8 Å². The Morgan fingerprint density at radius 1 is 1.17 bits per heavy atom. The summed E-state index contributed by atoms with van der Waals surface area (Å²) in [6.45, 7) is 7.54. The minimum Gasteiger partial charge on any atom is -0.435 e. The standard InChI is InChI=1S/C26H31F2N3O4/c1-4-14-34-18-22(32)16-30(13-15-33-3)17-23-19(2)29-31(21-11-9-20(27)10-12-21)26(23)35-25-8-6-5-7-24(25)28/h4-12,22,32H,1,13-18H2,2-3H3/t22-/m1/s1. The largest absolute Gasteiger partial charge is 0.435 e. The van der Waals surface area contributed by atoms with Crippen molar-refractivity contribution in [2.75, 3.05) is 40.0 Å². The van der Waals surface area contributed by atoms with Crippen molar-refractivity contribution >= 4 is 0 Å². The molecule has 9 heteroatoms. The molecule has 35 heavy (non-hydrogen) atoms. The highest BCUT2D eigenvalue weighted by atomic mass is 19.1. The molecule has 1 aromatic heterocycles. The first-order valence-electron chi connectivity index (χ1n) is 11.3. The SMILES string of the molecule is C=CCOC[C@H](O)CN(CCOC)Cc1c(C)nn(-c2ccc(F)cc2)c1Oc1ccccc1F. The van der Waals surface area contributed by atoms with Crippen molar-refractivity contribution in [1.82, 2.24) is 14.7 Å². The van der Waals surface area contributed by atoms with Gasteiger partial charge in [-0.3, -0.25) is 4.90 Å². The van der Waals surface area contributed by atoms with E-state index in [1.54, 1.807) is 37.5 Å².